The van der Waals surface area contributed by atoms with Crippen molar-refractivity contribution < 1.29 is 0 Å². The Bertz CT molecular complexity index is 644. The van der Waals surface area contributed by atoms with Crippen molar-refractivity contribution >= 4 is 17.0 Å². The van der Waals surface area contributed by atoms with Gasteiger partial charge in [-0.05, 0) is 48.8 Å². The Morgan fingerprint density at radius 2 is 2.30 bits per heavy atom. The second kappa shape index (κ2) is 5.83. The largest absolute Gasteiger partial charge is 0.377 e. The second-order valence-corrected chi connectivity index (χ2v) is 6.34. The number of thiophene rings is 1. The first-order chi connectivity index (χ1) is 9.78. The van der Waals surface area contributed by atoms with E-state index < -0.39 is 0 Å². The van der Waals surface area contributed by atoms with Crippen molar-refractivity contribution in [3.63, 3.8) is 0 Å². The highest BCUT2D eigenvalue weighted by molar-refractivity contribution is 7.10. The molecule has 0 aliphatic heterocycles. The van der Waals surface area contributed by atoms with Crippen molar-refractivity contribution in [2.24, 2.45) is 0 Å². The Labute approximate surface area is 123 Å². The molecular formula is C16H20N2OS. The number of hydrogen-bond donors (Lipinski definition) is 1. The highest BCUT2D eigenvalue weighted by Crippen LogP contribution is 2.35. The van der Waals surface area contributed by atoms with Gasteiger partial charge in [-0.15, -0.1) is 11.3 Å². The van der Waals surface area contributed by atoms with Crippen LogP contribution in [0.15, 0.2) is 34.6 Å². The van der Waals surface area contributed by atoms with E-state index in [1.807, 2.05) is 23.6 Å². The van der Waals surface area contributed by atoms with Crippen LogP contribution >= 0.6 is 11.3 Å². The van der Waals surface area contributed by atoms with Crippen molar-refractivity contribution in [1.82, 2.24) is 4.57 Å². The van der Waals surface area contributed by atoms with Crippen LogP contribution in [0.4, 0.5) is 5.69 Å². The summed E-state index contributed by atoms with van der Waals surface area (Å²) < 4.78 is 1.79. The Balaban J connectivity index is 1.82. The second-order valence-electron chi connectivity index (χ2n) is 5.34. The monoisotopic (exact) mass is 288 g/mol. The molecule has 1 aliphatic rings. The summed E-state index contributed by atoms with van der Waals surface area (Å²) in [6.45, 7) is 2.87. The molecule has 0 radical (unpaired) electrons. The maximum absolute atomic E-state index is 11.7. The third-order valence-corrected chi connectivity index (χ3v) is 4.84. The van der Waals surface area contributed by atoms with Gasteiger partial charge in [-0.1, -0.05) is 6.92 Å². The number of rotatable bonds is 4. The zero-order valence-corrected chi connectivity index (χ0v) is 12.6. The summed E-state index contributed by atoms with van der Waals surface area (Å²) in [6, 6.07) is 6.18. The molecule has 2 aromatic rings. The quantitative estimate of drug-likeness (QED) is 0.928. The molecule has 1 unspecified atom stereocenters. The molecule has 0 amide bonds. The molecule has 1 aliphatic carbocycles. The SMILES string of the molecule is CCCn1cc(NC2CCCc3sccc32)ccc1=O. The van der Waals surface area contributed by atoms with Gasteiger partial charge in [0, 0.05) is 23.7 Å². The number of fused-ring (bicyclic) bond motifs is 1. The fourth-order valence-electron chi connectivity index (χ4n) is 2.87. The van der Waals surface area contributed by atoms with Gasteiger partial charge in [0.1, 0.15) is 0 Å². The van der Waals surface area contributed by atoms with E-state index in [4.69, 9.17) is 0 Å². The van der Waals surface area contributed by atoms with Gasteiger partial charge in [0.25, 0.3) is 5.56 Å². The highest BCUT2D eigenvalue weighted by Gasteiger charge is 2.20. The number of aryl methyl sites for hydroxylation is 2. The van der Waals surface area contributed by atoms with Crippen molar-refractivity contribution in [1.29, 1.82) is 0 Å². The number of anilines is 1. The van der Waals surface area contributed by atoms with E-state index in [1.165, 1.54) is 23.3 Å². The minimum Gasteiger partial charge on any atom is -0.377 e. The molecule has 0 aromatic carbocycles. The third-order valence-electron chi connectivity index (χ3n) is 3.84. The Hall–Kier alpha value is -1.55. The van der Waals surface area contributed by atoms with Crippen molar-refractivity contribution in [2.45, 2.75) is 45.2 Å². The van der Waals surface area contributed by atoms with E-state index in [0.29, 0.717) is 6.04 Å². The average Bonchev–Trinajstić information content (AvgIpc) is 2.92. The van der Waals surface area contributed by atoms with E-state index in [2.05, 4.69) is 23.7 Å². The lowest BCUT2D eigenvalue weighted by Gasteiger charge is -2.25. The number of aromatic nitrogens is 1. The van der Waals surface area contributed by atoms with E-state index in [0.717, 1.165) is 25.1 Å². The maximum Gasteiger partial charge on any atom is 0.250 e. The fraction of sp³-hybridized carbons (Fsp3) is 0.438. The molecular weight excluding hydrogens is 268 g/mol. The van der Waals surface area contributed by atoms with Gasteiger partial charge < -0.3 is 9.88 Å². The molecule has 0 spiro atoms. The summed E-state index contributed by atoms with van der Waals surface area (Å²) in [6.07, 6.45) is 6.53. The number of nitrogens with one attached hydrogen (secondary N) is 1. The molecule has 0 fully saturated rings. The van der Waals surface area contributed by atoms with Crippen LogP contribution in [0.1, 0.15) is 42.7 Å². The minimum absolute atomic E-state index is 0.0808. The summed E-state index contributed by atoms with van der Waals surface area (Å²) in [5, 5.41) is 5.78. The lowest BCUT2D eigenvalue weighted by atomic mass is 9.94. The van der Waals surface area contributed by atoms with Crippen LogP contribution in [0, 0.1) is 0 Å². The van der Waals surface area contributed by atoms with Gasteiger partial charge in [0.05, 0.1) is 11.7 Å². The molecule has 1 N–H and O–H groups in total. The first-order valence-corrected chi connectivity index (χ1v) is 8.19. The molecule has 1 atom stereocenters. The lowest BCUT2D eigenvalue weighted by molar-refractivity contribution is 0.605. The van der Waals surface area contributed by atoms with E-state index in [9.17, 15) is 4.79 Å². The summed E-state index contributed by atoms with van der Waals surface area (Å²) >= 11 is 1.86. The summed E-state index contributed by atoms with van der Waals surface area (Å²) in [4.78, 5) is 13.3. The van der Waals surface area contributed by atoms with Crippen LogP contribution < -0.4 is 10.9 Å². The molecule has 4 heteroatoms. The van der Waals surface area contributed by atoms with Crippen LogP contribution in [0.2, 0.25) is 0 Å². The first-order valence-electron chi connectivity index (χ1n) is 7.31. The normalized spacial score (nSPS) is 17.8. The zero-order chi connectivity index (χ0) is 13.9. The Morgan fingerprint density at radius 1 is 1.40 bits per heavy atom. The Morgan fingerprint density at radius 3 is 3.15 bits per heavy atom. The van der Waals surface area contributed by atoms with Crippen molar-refractivity contribution in [3.05, 3.63) is 50.6 Å². The molecule has 2 heterocycles. The molecule has 106 valence electrons. The van der Waals surface area contributed by atoms with Gasteiger partial charge in [0.2, 0.25) is 0 Å². The molecule has 0 saturated heterocycles. The molecule has 0 saturated carbocycles. The molecule has 3 rings (SSSR count). The number of nitrogens with zero attached hydrogens (tertiary/aromatic N) is 1. The van der Waals surface area contributed by atoms with Crippen molar-refractivity contribution in [3.8, 4) is 0 Å². The summed E-state index contributed by atoms with van der Waals surface area (Å²) in [7, 11) is 0. The summed E-state index contributed by atoms with van der Waals surface area (Å²) in [5.74, 6) is 0. The lowest BCUT2D eigenvalue weighted by Crippen LogP contribution is -2.21. The maximum atomic E-state index is 11.7. The molecule has 3 nitrogen and oxygen atoms in total. The average molecular weight is 288 g/mol. The topological polar surface area (TPSA) is 34.0 Å². The number of hydrogen-bond acceptors (Lipinski definition) is 3. The zero-order valence-electron chi connectivity index (χ0n) is 11.8. The van der Waals surface area contributed by atoms with Gasteiger partial charge in [-0.3, -0.25) is 4.79 Å². The first kappa shape index (κ1) is 13.4. The van der Waals surface area contributed by atoms with Crippen LogP contribution in [-0.2, 0) is 13.0 Å². The van der Waals surface area contributed by atoms with E-state index in [-0.39, 0.29) is 5.56 Å². The fourth-order valence-corrected chi connectivity index (χ4v) is 3.86. The molecule has 20 heavy (non-hydrogen) atoms. The third kappa shape index (κ3) is 2.66. The molecule has 0 bridgehead atoms. The highest BCUT2D eigenvalue weighted by atomic mass is 32.1. The smallest absolute Gasteiger partial charge is 0.250 e. The van der Waals surface area contributed by atoms with Gasteiger partial charge in [-0.2, -0.15) is 0 Å². The van der Waals surface area contributed by atoms with Gasteiger partial charge >= 0.3 is 0 Å². The van der Waals surface area contributed by atoms with Gasteiger partial charge in [0.15, 0.2) is 0 Å². The van der Waals surface area contributed by atoms with Crippen LogP contribution in [-0.4, -0.2) is 4.57 Å². The minimum atomic E-state index is 0.0808. The molecule has 2 aromatic heterocycles. The van der Waals surface area contributed by atoms with E-state index >= 15 is 0 Å². The van der Waals surface area contributed by atoms with Gasteiger partial charge in [-0.25, -0.2) is 0 Å². The van der Waals surface area contributed by atoms with Crippen molar-refractivity contribution in [2.75, 3.05) is 5.32 Å². The van der Waals surface area contributed by atoms with Crippen LogP contribution in [0.5, 0.6) is 0 Å². The summed E-state index contributed by atoms with van der Waals surface area (Å²) in [5.41, 5.74) is 2.56. The van der Waals surface area contributed by atoms with Crippen LogP contribution in [0.25, 0.3) is 0 Å². The standard InChI is InChI=1S/C16H20N2OS/c1-2-9-18-11-12(6-7-16(18)19)17-14-4-3-5-15-13(14)8-10-20-15/h6-8,10-11,14,17H,2-5,9H2,1H3. The van der Waals surface area contributed by atoms with E-state index in [1.54, 1.807) is 10.6 Å². The Kier molecular flexibility index (Phi) is 3.92. The predicted molar refractivity (Wildman–Crippen MR) is 84.6 cm³/mol. The number of pyridine rings is 1. The predicted octanol–water partition coefficient (Wildman–Crippen LogP) is 3.81. The van der Waals surface area contributed by atoms with Crippen LogP contribution in [0.3, 0.4) is 0 Å².